The Bertz CT molecular complexity index is 798. The maximum Gasteiger partial charge on any atom is 0.347 e. The van der Waals surface area contributed by atoms with Crippen molar-refractivity contribution < 1.29 is 14.7 Å². The monoisotopic (exact) mass is 387 g/mol. The molecule has 3 rings (SSSR count). The number of nitrogens with zero attached hydrogens (tertiary/aromatic N) is 2. The van der Waals surface area contributed by atoms with Gasteiger partial charge in [-0.1, -0.05) is 30.3 Å². The van der Waals surface area contributed by atoms with Crippen LogP contribution in [-0.4, -0.2) is 40.0 Å². The highest BCUT2D eigenvalue weighted by Gasteiger charge is 2.27. The molecule has 1 aliphatic rings. The molecule has 1 aliphatic heterocycles. The van der Waals surface area contributed by atoms with Crippen molar-refractivity contribution in [2.45, 2.75) is 39.3 Å². The zero-order valence-electron chi connectivity index (χ0n) is 15.6. The van der Waals surface area contributed by atoms with E-state index in [4.69, 9.17) is 5.11 Å². The van der Waals surface area contributed by atoms with E-state index in [0.717, 1.165) is 43.8 Å². The summed E-state index contributed by atoms with van der Waals surface area (Å²) in [6, 6.07) is 10.1. The molecule has 1 fully saturated rings. The van der Waals surface area contributed by atoms with Crippen molar-refractivity contribution in [1.29, 1.82) is 0 Å². The van der Waals surface area contributed by atoms with Crippen LogP contribution in [-0.2, 0) is 11.3 Å². The van der Waals surface area contributed by atoms with E-state index in [1.807, 2.05) is 25.1 Å². The first-order valence-electron chi connectivity index (χ1n) is 9.21. The number of hydrogen-bond donors (Lipinski definition) is 2. The second-order valence-corrected chi connectivity index (χ2v) is 8.07. The molecule has 0 bridgehead atoms. The van der Waals surface area contributed by atoms with Gasteiger partial charge in [-0.3, -0.25) is 9.69 Å². The van der Waals surface area contributed by atoms with Gasteiger partial charge in [0.15, 0.2) is 0 Å². The molecule has 2 heterocycles. The summed E-state index contributed by atoms with van der Waals surface area (Å²) in [5, 5.41) is 12.8. The van der Waals surface area contributed by atoms with Gasteiger partial charge in [0.1, 0.15) is 9.88 Å². The molecule has 27 heavy (non-hydrogen) atoms. The van der Waals surface area contributed by atoms with E-state index < -0.39 is 5.97 Å². The van der Waals surface area contributed by atoms with Gasteiger partial charge in [0.05, 0.1) is 11.7 Å². The summed E-state index contributed by atoms with van der Waals surface area (Å²) >= 11 is 1.13. The Morgan fingerprint density at radius 2 is 1.96 bits per heavy atom. The second-order valence-electron chi connectivity index (χ2n) is 7.04. The smallest absolute Gasteiger partial charge is 0.347 e. The Hall–Kier alpha value is -2.25. The lowest BCUT2D eigenvalue weighted by molar-refractivity contribution is -0.127. The number of aromatic carboxylic acids is 1. The molecule has 0 aliphatic carbocycles. The van der Waals surface area contributed by atoms with Gasteiger partial charge in [0.2, 0.25) is 5.91 Å². The van der Waals surface area contributed by atoms with Crippen molar-refractivity contribution >= 4 is 23.2 Å². The number of amides is 1. The van der Waals surface area contributed by atoms with Crippen molar-refractivity contribution in [2.24, 2.45) is 5.92 Å². The summed E-state index contributed by atoms with van der Waals surface area (Å²) in [6.07, 6.45) is 1.67. The first-order valence-corrected chi connectivity index (χ1v) is 10.0. The number of carboxylic acids is 1. The molecule has 2 N–H and O–H groups in total. The molecule has 6 nitrogen and oxygen atoms in total. The first-order chi connectivity index (χ1) is 12.9. The highest BCUT2D eigenvalue weighted by molar-refractivity contribution is 7.13. The molecule has 1 aromatic carbocycles. The van der Waals surface area contributed by atoms with Crippen molar-refractivity contribution in [3.05, 3.63) is 51.5 Å². The summed E-state index contributed by atoms with van der Waals surface area (Å²) in [5.74, 6) is -0.938. The number of aromatic nitrogens is 1. The lowest BCUT2D eigenvalue weighted by atomic mass is 9.95. The minimum atomic E-state index is -0.972. The maximum atomic E-state index is 12.6. The van der Waals surface area contributed by atoms with E-state index in [2.05, 4.69) is 27.3 Å². The Morgan fingerprint density at radius 3 is 2.56 bits per heavy atom. The first kappa shape index (κ1) is 19.5. The second kappa shape index (κ2) is 8.63. The van der Waals surface area contributed by atoms with Crippen LogP contribution in [0.2, 0.25) is 0 Å². The van der Waals surface area contributed by atoms with Gasteiger partial charge in [0, 0.05) is 12.5 Å². The van der Waals surface area contributed by atoms with Gasteiger partial charge in [-0.15, -0.1) is 11.3 Å². The van der Waals surface area contributed by atoms with Crippen LogP contribution in [0, 0.1) is 12.8 Å². The molecule has 1 atom stereocenters. The van der Waals surface area contributed by atoms with Crippen molar-refractivity contribution in [3.8, 4) is 0 Å². The number of carboxylic acid groups (broad SMARTS) is 1. The van der Waals surface area contributed by atoms with Gasteiger partial charge in [0.25, 0.3) is 0 Å². The zero-order valence-corrected chi connectivity index (χ0v) is 16.5. The number of benzene rings is 1. The van der Waals surface area contributed by atoms with Crippen LogP contribution in [0.4, 0.5) is 0 Å². The molecular formula is C20H25N3O3S. The van der Waals surface area contributed by atoms with Crippen LogP contribution in [0.5, 0.6) is 0 Å². The third kappa shape index (κ3) is 4.93. The van der Waals surface area contributed by atoms with Crippen molar-refractivity contribution in [1.82, 2.24) is 15.2 Å². The number of hydrogen-bond acceptors (Lipinski definition) is 5. The average molecular weight is 388 g/mol. The molecule has 0 saturated carbocycles. The maximum absolute atomic E-state index is 12.6. The minimum Gasteiger partial charge on any atom is -0.477 e. The predicted molar refractivity (Wildman–Crippen MR) is 105 cm³/mol. The Balaban J connectivity index is 1.50. The van der Waals surface area contributed by atoms with Gasteiger partial charge < -0.3 is 10.4 Å². The fourth-order valence-electron chi connectivity index (χ4n) is 3.39. The Morgan fingerprint density at radius 1 is 1.30 bits per heavy atom. The van der Waals surface area contributed by atoms with Crippen LogP contribution in [0.25, 0.3) is 0 Å². The highest BCUT2D eigenvalue weighted by Crippen LogP contribution is 2.25. The third-order valence-electron chi connectivity index (χ3n) is 4.94. The number of rotatable bonds is 6. The molecule has 1 aromatic heterocycles. The summed E-state index contributed by atoms with van der Waals surface area (Å²) in [5.41, 5.74) is 1.79. The fourth-order valence-corrected chi connectivity index (χ4v) is 4.30. The Labute approximate surface area is 163 Å². The van der Waals surface area contributed by atoms with E-state index in [1.165, 1.54) is 5.56 Å². The Kier molecular flexibility index (Phi) is 6.23. The van der Waals surface area contributed by atoms with Crippen LogP contribution in [0.1, 0.15) is 51.7 Å². The highest BCUT2D eigenvalue weighted by atomic mass is 32.1. The van der Waals surface area contributed by atoms with E-state index in [1.54, 1.807) is 6.92 Å². The number of likely N-dealkylation sites (tertiary alicyclic amines) is 1. The number of carbonyl (C=O) groups excluding carboxylic acids is 1. The summed E-state index contributed by atoms with van der Waals surface area (Å²) in [6.45, 7) is 6.26. The molecule has 0 radical (unpaired) electrons. The van der Waals surface area contributed by atoms with Crippen LogP contribution in [0.3, 0.4) is 0 Å². The van der Waals surface area contributed by atoms with Gasteiger partial charge in [-0.25, -0.2) is 9.78 Å². The molecule has 1 amide bonds. The zero-order chi connectivity index (χ0) is 19.4. The largest absolute Gasteiger partial charge is 0.477 e. The number of thiazole rings is 1. The quantitative estimate of drug-likeness (QED) is 0.795. The minimum absolute atomic E-state index is 0.000485. The number of aryl methyl sites for hydroxylation is 1. The fraction of sp³-hybridized carbons (Fsp3) is 0.450. The normalized spacial score (nSPS) is 16.8. The third-order valence-corrected chi connectivity index (χ3v) is 6.27. The molecule has 144 valence electrons. The lowest BCUT2D eigenvalue weighted by Gasteiger charge is -2.31. The molecule has 1 saturated heterocycles. The molecule has 0 spiro atoms. The SMILES string of the molecule is Cc1nc(C(C)NC(=O)C2CCN(Cc3ccccc3)CC2)sc1C(=O)O. The van der Waals surface area contributed by atoms with Crippen LogP contribution >= 0.6 is 11.3 Å². The summed E-state index contributed by atoms with van der Waals surface area (Å²) in [4.78, 5) is 30.7. The van der Waals surface area contributed by atoms with Gasteiger partial charge >= 0.3 is 5.97 Å². The molecule has 7 heteroatoms. The number of piperidine rings is 1. The molecular weight excluding hydrogens is 362 g/mol. The average Bonchev–Trinajstić information content (AvgIpc) is 3.05. The number of carbonyl (C=O) groups is 2. The van der Waals surface area contributed by atoms with E-state index in [9.17, 15) is 9.59 Å². The lowest BCUT2D eigenvalue weighted by Crippen LogP contribution is -2.40. The predicted octanol–water partition coefficient (Wildman–Crippen LogP) is 3.24. The molecule has 1 unspecified atom stereocenters. The van der Waals surface area contributed by atoms with E-state index in [-0.39, 0.29) is 22.7 Å². The summed E-state index contributed by atoms with van der Waals surface area (Å²) in [7, 11) is 0. The standard InChI is InChI=1S/C20H25N3O3S/c1-13-17(20(25)26)27-19(22-13)14(2)21-18(24)16-8-10-23(11-9-16)12-15-6-4-3-5-7-15/h3-7,14,16H,8-12H2,1-2H3,(H,21,24)(H,25,26). The molecule has 2 aromatic rings. The van der Waals surface area contributed by atoms with Crippen LogP contribution < -0.4 is 5.32 Å². The summed E-state index contributed by atoms with van der Waals surface area (Å²) < 4.78 is 0. The van der Waals surface area contributed by atoms with Gasteiger partial charge in [-0.05, 0) is 45.3 Å². The van der Waals surface area contributed by atoms with E-state index >= 15 is 0 Å². The number of nitrogens with one attached hydrogen (secondary N) is 1. The topological polar surface area (TPSA) is 82.5 Å². The van der Waals surface area contributed by atoms with Crippen molar-refractivity contribution in [2.75, 3.05) is 13.1 Å². The van der Waals surface area contributed by atoms with Crippen molar-refractivity contribution in [3.63, 3.8) is 0 Å². The van der Waals surface area contributed by atoms with Gasteiger partial charge in [-0.2, -0.15) is 0 Å². The van der Waals surface area contributed by atoms with E-state index in [0.29, 0.717) is 10.7 Å². The van der Waals surface area contributed by atoms with Crippen LogP contribution in [0.15, 0.2) is 30.3 Å².